The highest BCUT2D eigenvalue weighted by molar-refractivity contribution is 7.98. The van der Waals surface area contributed by atoms with Crippen LogP contribution in [0.5, 0.6) is 0 Å². The zero-order chi connectivity index (χ0) is 20.6. The lowest BCUT2D eigenvalue weighted by Crippen LogP contribution is -2.02. The van der Waals surface area contributed by atoms with Gasteiger partial charge in [0, 0.05) is 22.0 Å². The lowest BCUT2D eigenvalue weighted by Gasteiger charge is -2.07. The third-order valence-electron chi connectivity index (χ3n) is 4.36. The Kier molecular flexibility index (Phi) is 7.36. The van der Waals surface area contributed by atoms with Crippen molar-refractivity contribution >= 4 is 17.5 Å². The molecule has 6 heteroatoms. The number of rotatable bonds is 8. The molecule has 0 spiro atoms. The van der Waals surface area contributed by atoms with Crippen LogP contribution < -0.4 is 0 Å². The van der Waals surface area contributed by atoms with E-state index in [2.05, 4.69) is 33.5 Å². The minimum atomic E-state index is 0.536. The van der Waals surface area contributed by atoms with Gasteiger partial charge in [-0.2, -0.15) is 0 Å². The van der Waals surface area contributed by atoms with Crippen molar-refractivity contribution in [2.45, 2.75) is 38.5 Å². The molecule has 0 atom stereocenters. The van der Waals surface area contributed by atoms with Gasteiger partial charge in [-0.1, -0.05) is 17.3 Å². The summed E-state index contributed by atoms with van der Waals surface area (Å²) in [4.78, 5) is 20.5. The molecule has 0 radical (unpaired) electrons. The van der Waals surface area contributed by atoms with Gasteiger partial charge >= 0.3 is 0 Å². The molecule has 0 aromatic carbocycles. The van der Waals surface area contributed by atoms with Crippen LogP contribution in [0.1, 0.15) is 36.1 Å². The molecule has 3 heterocycles. The molecule has 3 aromatic rings. The van der Waals surface area contributed by atoms with Gasteiger partial charge in [-0.15, -0.1) is 11.8 Å². The molecule has 0 fully saturated rings. The monoisotopic (exact) mass is 406 g/mol. The van der Waals surface area contributed by atoms with Crippen molar-refractivity contribution in [3.05, 3.63) is 71.3 Å². The summed E-state index contributed by atoms with van der Waals surface area (Å²) in [6.45, 7) is 6.42. The molecule has 3 rings (SSSR count). The maximum Gasteiger partial charge on any atom is 0.117 e. The first kappa shape index (κ1) is 21.0. The molecule has 0 N–H and O–H groups in total. The van der Waals surface area contributed by atoms with Gasteiger partial charge in [0.05, 0.1) is 17.1 Å². The second-order valence-corrected chi connectivity index (χ2v) is 7.71. The van der Waals surface area contributed by atoms with E-state index in [1.54, 1.807) is 11.8 Å². The van der Waals surface area contributed by atoms with Crippen molar-refractivity contribution in [1.82, 2.24) is 15.0 Å². The van der Waals surface area contributed by atoms with E-state index >= 15 is 0 Å². The minimum absolute atomic E-state index is 0.536. The van der Waals surface area contributed by atoms with E-state index < -0.39 is 0 Å². The molecule has 0 amide bonds. The number of aromatic nitrogens is 3. The van der Waals surface area contributed by atoms with Crippen LogP contribution in [-0.2, 0) is 11.3 Å². The van der Waals surface area contributed by atoms with E-state index in [1.807, 2.05) is 57.2 Å². The predicted octanol–water partition coefficient (Wildman–Crippen LogP) is 5.25. The first-order valence-electron chi connectivity index (χ1n) is 9.65. The van der Waals surface area contributed by atoms with Gasteiger partial charge in [-0.3, -0.25) is 15.0 Å². The van der Waals surface area contributed by atoms with Crippen LogP contribution in [0.15, 0.2) is 58.6 Å². The fourth-order valence-corrected chi connectivity index (χ4v) is 3.42. The Balaban J connectivity index is 1.56. The molecule has 0 aliphatic carbocycles. The van der Waals surface area contributed by atoms with Crippen molar-refractivity contribution < 1.29 is 4.84 Å². The molecule has 0 saturated heterocycles. The lowest BCUT2D eigenvalue weighted by molar-refractivity contribution is 0.141. The van der Waals surface area contributed by atoms with Gasteiger partial charge in [0.15, 0.2) is 0 Å². The molecule has 0 aliphatic heterocycles. The van der Waals surface area contributed by atoms with Crippen LogP contribution >= 0.6 is 11.8 Å². The molecule has 0 aliphatic rings. The number of pyridine rings is 3. The quantitative estimate of drug-likeness (QED) is 0.221. The zero-order valence-electron chi connectivity index (χ0n) is 17.3. The Morgan fingerprint density at radius 3 is 2.59 bits per heavy atom. The number of nitrogens with zero attached hydrogens (tertiary/aromatic N) is 4. The standard InChI is InChI=1S/C23H26N4OS/c1-16-8-5-11-21(24-16)18(3)27-28-13-7-10-19-9-6-12-22(26-19)23-15-20(29-4)14-17(2)25-23/h5-6,8-9,11-12,14-15H,7,10,13H2,1-4H3. The van der Waals surface area contributed by atoms with Gasteiger partial charge in [0.2, 0.25) is 0 Å². The molecule has 0 saturated carbocycles. The maximum atomic E-state index is 5.48. The first-order valence-corrected chi connectivity index (χ1v) is 10.9. The Bertz CT molecular complexity index is 1000. The molecular formula is C23H26N4OS. The topological polar surface area (TPSA) is 60.3 Å². The molecule has 5 nitrogen and oxygen atoms in total. The Morgan fingerprint density at radius 2 is 1.79 bits per heavy atom. The summed E-state index contributed by atoms with van der Waals surface area (Å²) in [6.07, 6.45) is 3.74. The number of aryl methyl sites for hydroxylation is 3. The van der Waals surface area contributed by atoms with Crippen LogP contribution in [-0.4, -0.2) is 33.5 Å². The summed E-state index contributed by atoms with van der Waals surface area (Å²) >= 11 is 1.72. The SMILES string of the molecule is CSc1cc(C)nc(-c2cccc(CCCON=C(C)c3cccc(C)n3)n2)c1. The summed E-state index contributed by atoms with van der Waals surface area (Å²) in [6, 6.07) is 16.1. The molecule has 3 aromatic heterocycles. The third-order valence-corrected chi connectivity index (χ3v) is 5.07. The Hall–Kier alpha value is -2.73. The van der Waals surface area contributed by atoms with Gasteiger partial charge in [0.1, 0.15) is 12.3 Å². The number of thioether (sulfide) groups is 1. The van der Waals surface area contributed by atoms with Crippen LogP contribution in [0.25, 0.3) is 11.4 Å². The molecule has 150 valence electrons. The predicted molar refractivity (Wildman–Crippen MR) is 119 cm³/mol. The van der Waals surface area contributed by atoms with E-state index in [0.717, 1.165) is 52.7 Å². The zero-order valence-corrected chi connectivity index (χ0v) is 18.2. The Labute approximate surface area is 176 Å². The fourth-order valence-electron chi connectivity index (χ4n) is 2.90. The van der Waals surface area contributed by atoms with Crippen molar-refractivity contribution in [1.29, 1.82) is 0 Å². The van der Waals surface area contributed by atoms with E-state index in [0.29, 0.717) is 6.61 Å². The Morgan fingerprint density at radius 1 is 0.966 bits per heavy atom. The van der Waals surface area contributed by atoms with Crippen LogP contribution in [0.2, 0.25) is 0 Å². The maximum absolute atomic E-state index is 5.48. The van der Waals surface area contributed by atoms with Crippen molar-refractivity contribution in [2.75, 3.05) is 12.9 Å². The van der Waals surface area contributed by atoms with Gasteiger partial charge < -0.3 is 4.84 Å². The number of hydrogen-bond acceptors (Lipinski definition) is 6. The van der Waals surface area contributed by atoms with Crippen molar-refractivity contribution in [2.24, 2.45) is 5.16 Å². The first-order chi connectivity index (χ1) is 14.0. The van der Waals surface area contributed by atoms with E-state index in [9.17, 15) is 0 Å². The van der Waals surface area contributed by atoms with E-state index in [-0.39, 0.29) is 0 Å². The largest absolute Gasteiger partial charge is 0.396 e. The smallest absolute Gasteiger partial charge is 0.117 e. The molecule has 0 unspecified atom stereocenters. The van der Waals surface area contributed by atoms with Crippen LogP contribution in [0.4, 0.5) is 0 Å². The van der Waals surface area contributed by atoms with Crippen LogP contribution in [0.3, 0.4) is 0 Å². The van der Waals surface area contributed by atoms with Crippen LogP contribution in [0, 0.1) is 13.8 Å². The average Bonchev–Trinajstić information content (AvgIpc) is 2.73. The summed E-state index contributed by atoms with van der Waals surface area (Å²) in [5.74, 6) is 0. The minimum Gasteiger partial charge on any atom is -0.396 e. The van der Waals surface area contributed by atoms with Gasteiger partial charge in [-0.05, 0) is 76.3 Å². The summed E-state index contributed by atoms with van der Waals surface area (Å²) in [7, 11) is 0. The second kappa shape index (κ2) is 10.2. The highest BCUT2D eigenvalue weighted by Crippen LogP contribution is 2.23. The number of oxime groups is 1. The van der Waals surface area contributed by atoms with E-state index in [1.165, 1.54) is 4.90 Å². The summed E-state index contributed by atoms with van der Waals surface area (Å²) < 4.78 is 0. The number of hydrogen-bond donors (Lipinski definition) is 0. The summed E-state index contributed by atoms with van der Waals surface area (Å²) in [5, 5.41) is 4.18. The average molecular weight is 407 g/mol. The van der Waals surface area contributed by atoms with Crippen molar-refractivity contribution in [3.8, 4) is 11.4 Å². The molecule has 0 bridgehead atoms. The third kappa shape index (κ3) is 6.12. The van der Waals surface area contributed by atoms with Gasteiger partial charge in [0.25, 0.3) is 0 Å². The second-order valence-electron chi connectivity index (χ2n) is 6.83. The summed E-state index contributed by atoms with van der Waals surface area (Å²) in [5.41, 5.74) is 6.44. The molecule has 29 heavy (non-hydrogen) atoms. The fraction of sp³-hybridized carbons (Fsp3) is 0.304. The lowest BCUT2D eigenvalue weighted by atomic mass is 10.2. The van der Waals surface area contributed by atoms with Crippen molar-refractivity contribution in [3.63, 3.8) is 0 Å². The van der Waals surface area contributed by atoms with Gasteiger partial charge in [-0.25, -0.2) is 0 Å². The highest BCUT2D eigenvalue weighted by atomic mass is 32.2. The normalized spacial score (nSPS) is 11.5. The van der Waals surface area contributed by atoms with E-state index in [4.69, 9.17) is 9.82 Å². The molecular weight excluding hydrogens is 380 g/mol. The highest BCUT2D eigenvalue weighted by Gasteiger charge is 2.06.